The predicted molar refractivity (Wildman–Crippen MR) is 118 cm³/mol. The van der Waals surface area contributed by atoms with E-state index in [-0.39, 0.29) is 0 Å². The molecule has 28 heavy (non-hydrogen) atoms. The third kappa shape index (κ3) is 3.31. The fourth-order valence-corrected chi connectivity index (χ4v) is 6.45. The maximum atomic E-state index is 5.51. The molecule has 148 valence electrons. The first-order chi connectivity index (χ1) is 13.8. The summed E-state index contributed by atoms with van der Waals surface area (Å²) < 4.78 is 5.51. The summed E-state index contributed by atoms with van der Waals surface area (Å²) in [6.45, 7) is 4.88. The third-order valence-corrected chi connectivity index (χ3v) is 7.82. The fourth-order valence-electron chi connectivity index (χ4n) is 5.41. The van der Waals surface area contributed by atoms with E-state index in [0.29, 0.717) is 5.92 Å². The maximum Gasteiger partial charge on any atom is 0.122 e. The molecule has 3 aliphatic rings. The van der Waals surface area contributed by atoms with Crippen molar-refractivity contribution in [1.29, 1.82) is 0 Å². The van der Waals surface area contributed by atoms with Gasteiger partial charge in [0.2, 0.25) is 0 Å². The van der Waals surface area contributed by atoms with Gasteiger partial charge in [0.25, 0.3) is 0 Å². The van der Waals surface area contributed by atoms with Crippen LogP contribution in [-0.2, 0) is 6.42 Å². The maximum absolute atomic E-state index is 5.51. The van der Waals surface area contributed by atoms with Gasteiger partial charge in [-0.3, -0.25) is 0 Å². The summed E-state index contributed by atoms with van der Waals surface area (Å²) in [6.07, 6.45) is 4.91. The van der Waals surface area contributed by atoms with Gasteiger partial charge in [0, 0.05) is 36.5 Å². The highest BCUT2D eigenvalue weighted by molar-refractivity contribution is 7.99. The Morgan fingerprint density at radius 3 is 2.96 bits per heavy atom. The van der Waals surface area contributed by atoms with E-state index < -0.39 is 0 Å². The molecule has 0 saturated carbocycles. The smallest absolute Gasteiger partial charge is 0.122 e. The van der Waals surface area contributed by atoms with Crippen molar-refractivity contribution in [2.24, 2.45) is 0 Å². The van der Waals surface area contributed by atoms with Crippen LogP contribution in [0.2, 0.25) is 0 Å². The molecule has 4 heteroatoms. The molecule has 2 aromatic rings. The largest absolute Gasteiger partial charge is 0.496 e. The van der Waals surface area contributed by atoms with Gasteiger partial charge >= 0.3 is 0 Å². The molecule has 0 aliphatic carbocycles. The third-order valence-electron chi connectivity index (χ3n) is 6.69. The highest BCUT2D eigenvalue weighted by atomic mass is 32.2. The van der Waals surface area contributed by atoms with Crippen molar-refractivity contribution in [2.75, 3.05) is 43.9 Å². The number of anilines is 1. The molecule has 0 aromatic heterocycles. The topological polar surface area (TPSA) is 15.7 Å². The number of nitrogens with zero attached hydrogens (tertiary/aromatic N) is 2. The number of aryl methyl sites for hydroxylation is 1. The van der Waals surface area contributed by atoms with Gasteiger partial charge in [0.15, 0.2) is 0 Å². The molecule has 0 N–H and O–H groups in total. The van der Waals surface area contributed by atoms with E-state index in [1.54, 1.807) is 18.4 Å². The Morgan fingerprint density at radius 1 is 1.11 bits per heavy atom. The molecule has 1 saturated heterocycles. The lowest BCUT2D eigenvalue weighted by atomic mass is 9.89. The van der Waals surface area contributed by atoms with Crippen LogP contribution in [0.5, 0.6) is 5.75 Å². The second-order valence-corrected chi connectivity index (χ2v) is 9.40. The monoisotopic (exact) mass is 394 g/mol. The molecular formula is C24H30N2OS. The van der Waals surface area contributed by atoms with Crippen molar-refractivity contribution in [3.63, 3.8) is 0 Å². The van der Waals surface area contributed by atoms with E-state index in [4.69, 9.17) is 4.74 Å². The molecule has 1 fully saturated rings. The molecule has 5 rings (SSSR count). The summed E-state index contributed by atoms with van der Waals surface area (Å²) in [5.74, 6) is 2.98. The SMILES string of the molecule is COc1ccccc1CCCN1CC[C@@H]2[C@H](C1)c1cccc3c1N2CCCS3. The second-order valence-electron chi connectivity index (χ2n) is 8.27. The van der Waals surface area contributed by atoms with E-state index >= 15 is 0 Å². The van der Waals surface area contributed by atoms with Gasteiger partial charge in [-0.2, -0.15) is 0 Å². The van der Waals surface area contributed by atoms with Gasteiger partial charge in [-0.1, -0.05) is 30.3 Å². The van der Waals surface area contributed by atoms with Crippen molar-refractivity contribution in [2.45, 2.75) is 42.5 Å². The van der Waals surface area contributed by atoms with E-state index in [2.05, 4.69) is 64.0 Å². The van der Waals surface area contributed by atoms with Gasteiger partial charge in [-0.15, -0.1) is 11.8 Å². The number of hydrogen-bond acceptors (Lipinski definition) is 4. The summed E-state index contributed by atoms with van der Waals surface area (Å²) in [7, 11) is 1.77. The summed E-state index contributed by atoms with van der Waals surface area (Å²) in [5, 5.41) is 0. The minimum atomic E-state index is 0.689. The first kappa shape index (κ1) is 18.4. The minimum Gasteiger partial charge on any atom is -0.496 e. The lowest BCUT2D eigenvalue weighted by Gasteiger charge is -2.39. The van der Waals surface area contributed by atoms with Crippen LogP contribution in [0.3, 0.4) is 0 Å². The van der Waals surface area contributed by atoms with Gasteiger partial charge < -0.3 is 14.5 Å². The highest BCUT2D eigenvalue weighted by Crippen LogP contribution is 2.50. The number of fused-ring (bicyclic) bond motifs is 3. The Morgan fingerprint density at radius 2 is 2.04 bits per heavy atom. The molecule has 2 atom stereocenters. The van der Waals surface area contributed by atoms with E-state index in [0.717, 1.165) is 18.2 Å². The predicted octanol–water partition coefficient (Wildman–Crippen LogP) is 4.80. The molecule has 0 radical (unpaired) electrons. The van der Waals surface area contributed by atoms with Crippen LogP contribution in [0, 0.1) is 0 Å². The van der Waals surface area contributed by atoms with Crippen LogP contribution in [0.1, 0.15) is 36.3 Å². The van der Waals surface area contributed by atoms with Crippen LogP contribution >= 0.6 is 11.8 Å². The number of thioether (sulfide) groups is 1. The first-order valence-electron chi connectivity index (χ1n) is 10.7. The van der Waals surface area contributed by atoms with E-state index in [1.165, 1.54) is 61.7 Å². The Bertz CT molecular complexity index is 839. The van der Waals surface area contributed by atoms with E-state index in [1.807, 2.05) is 0 Å². The van der Waals surface area contributed by atoms with Crippen molar-refractivity contribution >= 4 is 17.4 Å². The zero-order valence-electron chi connectivity index (χ0n) is 16.8. The van der Waals surface area contributed by atoms with Crippen molar-refractivity contribution in [1.82, 2.24) is 4.90 Å². The normalized spacial score (nSPS) is 23.8. The average molecular weight is 395 g/mol. The number of likely N-dealkylation sites (tertiary alicyclic amines) is 1. The van der Waals surface area contributed by atoms with Crippen molar-refractivity contribution in [3.8, 4) is 5.75 Å². The molecule has 0 spiro atoms. The Kier molecular flexibility index (Phi) is 5.25. The van der Waals surface area contributed by atoms with Crippen LogP contribution < -0.4 is 9.64 Å². The Hall–Kier alpha value is -1.65. The summed E-state index contributed by atoms with van der Waals surface area (Å²) in [5.41, 5.74) is 4.53. The molecule has 0 unspecified atom stereocenters. The number of methoxy groups -OCH3 is 1. The zero-order valence-corrected chi connectivity index (χ0v) is 17.6. The molecule has 2 aromatic carbocycles. The molecule has 3 aliphatic heterocycles. The van der Waals surface area contributed by atoms with Crippen LogP contribution in [-0.4, -0.2) is 50.0 Å². The second kappa shape index (κ2) is 8.00. The lowest BCUT2D eigenvalue weighted by molar-refractivity contribution is 0.191. The summed E-state index contributed by atoms with van der Waals surface area (Å²) in [4.78, 5) is 6.99. The van der Waals surface area contributed by atoms with Gasteiger partial charge in [0.05, 0.1) is 12.8 Å². The van der Waals surface area contributed by atoms with Crippen LogP contribution in [0.4, 0.5) is 5.69 Å². The number of benzene rings is 2. The fraction of sp³-hybridized carbons (Fsp3) is 0.500. The molecule has 3 nitrogen and oxygen atoms in total. The summed E-state index contributed by atoms with van der Waals surface area (Å²) in [6, 6.07) is 16.2. The summed E-state index contributed by atoms with van der Waals surface area (Å²) >= 11 is 2.06. The minimum absolute atomic E-state index is 0.689. The molecule has 0 bridgehead atoms. The van der Waals surface area contributed by atoms with Crippen LogP contribution in [0.25, 0.3) is 0 Å². The van der Waals surface area contributed by atoms with Crippen molar-refractivity contribution in [3.05, 3.63) is 53.6 Å². The number of rotatable bonds is 5. The van der Waals surface area contributed by atoms with Gasteiger partial charge in [-0.05, 0) is 61.2 Å². The molecular weight excluding hydrogens is 364 g/mol. The number of hydrogen-bond donors (Lipinski definition) is 0. The Balaban J connectivity index is 1.26. The number of piperidine rings is 1. The standard InChI is InChI=1S/C24H30N2OS/c1-27-22-10-3-2-7-18(22)8-5-13-25-15-12-21-20(17-25)19-9-4-11-23-24(19)26(21)14-6-16-28-23/h2-4,7,9-11,20-21H,5-6,8,12-17H2,1H3/t20-,21-/m1/s1. The van der Waals surface area contributed by atoms with E-state index in [9.17, 15) is 0 Å². The zero-order chi connectivity index (χ0) is 18.9. The van der Waals surface area contributed by atoms with Crippen LogP contribution in [0.15, 0.2) is 47.4 Å². The van der Waals surface area contributed by atoms with Crippen molar-refractivity contribution < 1.29 is 4.74 Å². The Labute approximate surface area is 173 Å². The van der Waals surface area contributed by atoms with Gasteiger partial charge in [0.1, 0.15) is 5.75 Å². The molecule has 3 heterocycles. The number of para-hydroxylation sites is 2. The quantitative estimate of drug-likeness (QED) is 0.723. The lowest BCUT2D eigenvalue weighted by Crippen LogP contribution is -2.46. The van der Waals surface area contributed by atoms with Gasteiger partial charge in [-0.25, -0.2) is 0 Å². The first-order valence-corrected chi connectivity index (χ1v) is 11.7. The average Bonchev–Trinajstić information content (AvgIpc) is 2.89. The highest BCUT2D eigenvalue weighted by Gasteiger charge is 2.43. The number of ether oxygens (including phenoxy) is 1. The molecule has 0 amide bonds.